The Morgan fingerprint density at radius 1 is 1.64 bits per heavy atom. The summed E-state index contributed by atoms with van der Waals surface area (Å²) in [6, 6.07) is 0. The second-order valence-electron chi connectivity index (χ2n) is 2.03. The van der Waals surface area contributed by atoms with Gasteiger partial charge in [0.1, 0.15) is 0 Å². The van der Waals surface area contributed by atoms with Crippen molar-refractivity contribution in [2.45, 2.75) is 13.3 Å². The molecule has 0 bridgehead atoms. The van der Waals surface area contributed by atoms with E-state index in [9.17, 15) is 4.79 Å². The highest BCUT2D eigenvalue weighted by atomic mass is 28.2. The van der Waals surface area contributed by atoms with E-state index in [0.29, 0.717) is 6.61 Å². The van der Waals surface area contributed by atoms with Crippen molar-refractivity contribution in [3.63, 3.8) is 0 Å². The largest absolute Gasteiger partial charge is 0.463 e. The van der Waals surface area contributed by atoms with Crippen molar-refractivity contribution >= 4 is 15.7 Å². The molecule has 0 N–H and O–H groups in total. The molecule has 0 aliphatic rings. The van der Waals surface area contributed by atoms with Crippen LogP contribution in [0, 0.1) is 0 Å². The minimum absolute atomic E-state index is 0.267. The van der Waals surface area contributed by atoms with Crippen molar-refractivity contribution in [2.24, 2.45) is 0 Å². The Balaban J connectivity index is 3.35. The SMILES string of the molecule is CCCOC(=O)C=C[SiH2]OC. The molecule has 0 fully saturated rings. The summed E-state index contributed by atoms with van der Waals surface area (Å²) >= 11 is 0. The van der Waals surface area contributed by atoms with Crippen molar-refractivity contribution in [1.29, 1.82) is 0 Å². The lowest BCUT2D eigenvalue weighted by atomic mass is 10.5. The Morgan fingerprint density at radius 2 is 2.36 bits per heavy atom. The van der Waals surface area contributed by atoms with Crippen molar-refractivity contribution in [3.05, 3.63) is 11.8 Å². The summed E-state index contributed by atoms with van der Waals surface area (Å²) in [5.74, 6) is -0.267. The quantitative estimate of drug-likeness (QED) is 0.339. The molecule has 0 amide bonds. The van der Waals surface area contributed by atoms with Crippen LogP contribution in [0.3, 0.4) is 0 Å². The monoisotopic (exact) mass is 174 g/mol. The van der Waals surface area contributed by atoms with Crippen molar-refractivity contribution in [2.75, 3.05) is 13.7 Å². The van der Waals surface area contributed by atoms with Gasteiger partial charge >= 0.3 is 5.97 Å². The number of rotatable bonds is 5. The van der Waals surface area contributed by atoms with Crippen LogP contribution in [0.15, 0.2) is 11.8 Å². The summed E-state index contributed by atoms with van der Waals surface area (Å²) in [5, 5.41) is 0. The summed E-state index contributed by atoms with van der Waals surface area (Å²) in [7, 11) is 1.01. The van der Waals surface area contributed by atoms with E-state index in [4.69, 9.17) is 9.16 Å². The van der Waals surface area contributed by atoms with E-state index in [1.807, 2.05) is 6.92 Å². The molecule has 0 atom stereocenters. The van der Waals surface area contributed by atoms with Gasteiger partial charge in [-0.1, -0.05) is 12.6 Å². The predicted molar refractivity (Wildman–Crippen MR) is 45.9 cm³/mol. The first-order chi connectivity index (χ1) is 5.31. The lowest BCUT2D eigenvalue weighted by Crippen LogP contribution is -2.02. The van der Waals surface area contributed by atoms with Crippen LogP contribution in [-0.2, 0) is 14.0 Å². The number of hydrogen-bond acceptors (Lipinski definition) is 3. The van der Waals surface area contributed by atoms with Crippen molar-refractivity contribution in [3.8, 4) is 0 Å². The predicted octanol–water partition coefficient (Wildman–Crippen LogP) is 0.183. The fourth-order valence-corrected chi connectivity index (χ4v) is 0.972. The summed E-state index contributed by atoms with van der Waals surface area (Å²) in [6.45, 7) is 2.46. The number of carbonyl (C=O) groups excluding carboxylic acids is 1. The number of hydrogen-bond donors (Lipinski definition) is 0. The maximum absolute atomic E-state index is 10.7. The van der Waals surface area contributed by atoms with Gasteiger partial charge in [-0.3, -0.25) is 0 Å². The first-order valence-electron chi connectivity index (χ1n) is 3.63. The Morgan fingerprint density at radius 3 is 2.91 bits per heavy atom. The smallest absolute Gasteiger partial charge is 0.330 e. The minimum Gasteiger partial charge on any atom is -0.463 e. The van der Waals surface area contributed by atoms with Gasteiger partial charge in [-0.2, -0.15) is 0 Å². The molecule has 0 saturated carbocycles. The van der Waals surface area contributed by atoms with Crippen molar-refractivity contribution < 1.29 is 14.0 Å². The third-order valence-electron chi connectivity index (χ3n) is 0.965. The van der Waals surface area contributed by atoms with Crippen LogP contribution in [0.5, 0.6) is 0 Å². The van der Waals surface area contributed by atoms with Gasteiger partial charge < -0.3 is 9.16 Å². The topological polar surface area (TPSA) is 35.5 Å². The standard InChI is InChI=1S/C7H14O3Si/c1-3-5-10-7(8)4-6-11-9-2/h4,6H,3,5,11H2,1-2H3. The molecule has 0 heterocycles. The molecule has 0 unspecified atom stereocenters. The second kappa shape index (κ2) is 7.49. The Kier molecular flexibility index (Phi) is 7.08. The Labute approximate surface area is 69.3 Å². The minimum atomic E-state index is -0.626. The van der Waals surface area contributed by atoms with Crippen LogP contribution in [0.2, 0.25) is 0 Å². The Hall–Kier alpha value is -0.613. The zero-order chi connectivity index (χ0) is 8.53. The fraction of sp³-hybridized carbons (Fsp3) is 0.571. The van der Waals surface area contributed by atoms with Crippen molar-refractivity contribution in [1.82, 2.24) is 0 Å². The van der Waals surface area contributed by atoms with E-state index in [1.165, 1.54) is 6.08 Å². The lowest BCUT2D eigenvalue weighted by Gasteiger charge is -1.96. The summed E-state index contributed by atoms with van der Waals surface area (Å²) in [4.78, 5) is 10.7. The van der Waals surface area contributed by atoms with Gasteiger partial charge in [-0.25, -0.2) is 4.79 Å². The van der Waals surface area contributed by atoms with Crippen LogP contribution in [0.25, 0.3) is 0 Å². The molecule has 0 aromatic rings. The molecule has 0 rings (SSSR count). The molecular weight excluding hydrogens is 160 g/mol. The van der Waals surface area contributed by atoms with Gasteiger partial charge in [0.05, 0.1) is 6.61 Å². The number of carbonyl (C=O) groups is 1. The maximum atomic E-state index is 10.7. The summed E-state index contributed by atoms with van der Waals surface area (Å²) in [6.07, 6.45) is 2.30. The molecule has 0 aromatic carbocycles. The van der Waals surface area contributed by atoms with Crippen LogP contribution in [0.1, 0.15) is 13.3 Å². The molecule has 0 aromatic heterocycles. The van der Waals surface area contributed by atoms with Gasteiger partial charge in [0.15, 0.2) is 9.76 Å². The fourth-order valence-electron chi connectivity index (χ4n) is 0.491. The molecule has 64 valence electrons. The van der Waals surface area contributed by atoms with Crippen LogP contribution < -0.4 is 0 Å². The van der Waals surface area contributed by atoms with E-state index in [2.05, 4.69) is 0 Å². The zero-order valence-corrected chi connectivity index (χ0v) is 8.41. The van der Waals surface area contributed by atoms with E-state index in [-0.39, 0.29) is 5.97 Å². The molecule has 0 saturated heterocycles. The third-order valence-corrected chi connectivity index (χ3v) is 1.73. The maximum Gasteiger partial charge on any atom is 0.330 e. The normalized spacial score (nSPS) is 11.5. The molecule has 11 heavy (non-hydrogen) atoms. The van der Waals surface area contributed by atoms with Gasteiger partial charge in [0, 0.05) is 13.2 Å². The molecule has 3 nitrogen and oxygen atoms in total. The first kappa shape index (κ1) is 10.4. The molecule has 0 aliphatic heterocycles. The van der Waals surface area contributed by atoms with E-state index >= 15 is 0 Å². The average molecular weight is 174 g/mol. The van der Waals surface area contributed by atoms with E-state index in [0.717, 1.165) is 6.42 Å². The number of esters is 1. The second-order valence-corrected chi connectivity index (χ2v) is 3.41. The van der Waals surface area contributed by atoms with Gasteiger partial charge in [-0.05, 0) is 6.42 Å². The van der Waals surface area contributed by atoms with Gasteiger partial charge in [-0.15, -0.1) is 0 Å². The zero-order valence-electron chi connectivity index (χ0n) is 7.00. The molecule has 0 aliphatic carbocycles. The van der Waals surface area contributed by atoms with E-state index in [1.54, 1.807) is 12.8 Å². The van der Waals surface area contributed by atoms with Crippen LogP contribution >= 0.6 is 0 Å². The molecular formula is C7H14O3Si. The summed E-state index contributed by atoms with van der Waals surface area (Å²) < 4.78 is 9.62. The highest BCUT2D eigenvalue weighted by Gasteiger charge is 1.92. The highest BCUT2D eigenvalue weighted by Crippen LogP contribution is 1.83. The lowest BCUT2D eigenvalue weighted by molar-refractivity contribution is -0.137. The van der Waals surface area contributed by atoms with Gasteiger partial charge in [0.2, 0.25) is 0 Å². The van der Waals surface area contributed by atoms with Crippen LogP contribution in [-0.4, -0.2) is 29.4 Å². The number of ether oxygens (including phenoxy) is 1. The van der Waals surface area contributed by atoms with Crippen LogP contribution in [0.4, 0.5) is 0 Å². The molecule has 0 radical (unpaired) electrons. The van der Waals surface area contributed by atoms with Gasteiger partial charge in [0.25, 0.3) is 0 Å². The van der Waals surface area contributed by atoms with E-state index < -0.39 is 9.76 Å². The molecule has 0 spiro atoms. The molecule has 4 heteroatoms. The average Bonchev–Trinajstić information content (AvgIpc) is 2.01. The first-order valence-corrected chi connectivity index (χ1v) is 5.03. The third kappa shape index (κ3) is 7.28. The Bertz CT molecular complexity index is 134. The highest BCUT2D eigenvalue weighted by molar-refractivity contribution is 6.35. The summed E-state index contributed by atoms with van der Waals surface area (Å²) in [5.41, 5.74) is 1.76.